The van der Waals surface area contributed by atoms with E-state index in [9.17, 15) is 4.79 Å². The number of hydrogen-bond donors (Lipinski definition) is 1. The number of aryl methyl sites for hydroxylation is 3. The van der Waals surface area contributed by atoms with Crippen molar-refractivity contribution in [3.05, 3.63) is 47.9 Å². The highest BCUT2D eigenvalue weighted by Crippen LogP contribution is 2.08. The summed E-state index contributed by atoms with van der Waals surface area (Å²) in [6.07, 6.45) is 4.56. The maximum atomic E-state index is 12.2. The van der Waals surface area contributed by atoms with Crippen molar-refractivity contribution in [1.82, 2.24) is 34.4 Å². The van der Waals surface area contributed by atoms with E-state index in [1.54, 1.807) is 18.1 Å². The second kappa shape index (κ2) is 7.33. The van der Waals surface area contributed by atoms with Gasteiger partial charge in [-0.1, -0.05) is 6.07 Å². The summed E-state index contributed by atoms with van der Waals surface area (Å²) in [6.45, 7) is 5.64. The van der Waals surface area contributed by atoms with E-state index in [0.29, 0.717) is 13.1 Å². The van der Waals surface area contributed by atoms with Gasteiger partial charge in [0.25, 0.3) is 0 Å². The third kappa shape index (κ3) is 3.96. The smallest absolute Gasteiger partial charge is 0.317 e. The summed E-state index contributed by atoms with van der Waals surface area (Å²) < 4.78 is 3.85. The lowest BCUT2D eigenvalue weighted by Crippen LogP contribution is -2.37. The van der Waals surface area contributed by atoms with E-state index in [4.69, 9.17) is 0 Å². The molecule has 8 heteroatoms. The molecule has 1 N–H and O–H groups in total. The number of imidazole rings is 1. The van der Waals surface area contributed by atoms with Gasteiger partial charge in [0.1, 0.15) is 17.3 Å². The summed E-state index contributed by atoms with van der Waals surface area (Å²) in [6, 6.07) is 5.74. The van der Waals surface area contributed by atoms with Gasteiger partial charge in [-0.2, -0.15) is 5.10 Å². The fraction of sp³-hybridized carbons (Fsp3) is 0.412. The van der Waals surface area contributed by atoms with Crippen molar-refractivity contribution in [2.24, 2.45) is 0 Å². The first kappa shape index (κ1) is 16.9. The van der Waals surface area contributed by atoms with Gasteiger partial charge in [0.15, 0.2) is 0 Å². The lowest BCUT2D eigenvalue weighted by atomic mass is 10.4. The molecule has 8 nitrogen and oxygen atoms in total. The number of hydrogen-bond acceptors (Lipinski definition) is 4. The lowest BCUT2D eigenvalue weighted by molar-refractivity contribution is 0.206. The first-order chi connectivity index (χ1) is 12.0. The summed E-state index contributed by atoms with van der Waals surface area (Å²) in [5.41, 5.74) is 1.85. The molecule has 0 unspecified atom stereocenters. The number of carbonyl (C=O) groups excluding carboxylic acids is 1. The maximum Gasteiger partial charge on any atom is 0.317 e. The van der Waals surface area contributed by atoms with E-state index >= 15 is 0 Å². The van der Waals surface area contributed by atoms with Gasteiger partial charge in [0.05, 0.1) is 18.4 Å². The number of aromatic nitrogens is 5. The predicted molar refractivity (Wildman–Crippen MR) is 94.2 cm³/mol. The standard InChI is InChI=1S/C17H23N7O/c1-13-20-14(2)24(21-13)10-6-8-18-17(25)22(3)12-15-11-19-16-7-4-5-9-23(15)16/h4-5,7,9,11H,6,8,10,12H2,1-3H3,(H,18,25). The fourth-order valence-electron chi connectivity index (χ4n) is 2.75. The van der Waals surface area contributed by atoms with Crippen LogP contribution in [0.25, 0.3) is 5.65 Å². The van der Waals surface area contributed by atoms with Crippen molar-refractivity contribution in [3.8, 4) is 0 Å². The predicted octanol–water partition coefficient (Wildman–Crippen LogP) is 1.77. The van der Waals surface area contributed by atoms with Crippen LogP contribution in [0.3, 0.4) is 0 Å². The first-order valence-electron chi connectivity index (χ1n) is 8.32. The summed E-state index contributed by atoms with van der Waals surface area (Å²) >= 11 is 0. The molecule has 0 fully saturated rings. The molecule has 132 valence electrons. The van der Waals surface area contributed by atoms with Crippen LogP contribution in [0.2, 0.25) is 0 Å². The Kier molecular flexibility index (Phi) is 4.97. The molecule has 25 heavy (non-hydrogen) atoms. The van der Waals surface area contributed by atoms with Crippen molar-refractivity contribution < 1.29 is 4.79 Å². The van der Waals surface area contributed by atoms with Crippen LogP contribution in [-0.2, 0) is 13.1 Å². The van der Waals surface area contributed by atoms with Crippen LogP contribution < -0.4 is 5.32 Å². The second-order valence-corrected chi connectivity index (χ2v) is 6.05. The van der Waals surface area contributed by atoms with E-state index < -0.39 is 0 Å². The Balaban J connectivity index is 1.47. The Morgan fingerprint density at radius 1 is 1.32 bits per heavy atom. The highest BCUT2D eigenvalue weighted by molar-refractivity contribution is 5.73. The van der Waals surface area contributed by atoms with Gasteiger partial charge in [0, 0.05) is 26.3 Å². The molecule has 3 heterocycles. The van der Waals surface area contributed by atoms with Gasteiger partial charge >= 0.3 is 6.03 Å². The molecule has 3 rings (SSSR count). The van der Waals surface area contributed by atoms with Gasteiger partial charge in [-0.25, -0.2) is 14.8 Å². The normalized spacial score (nSPS) is 11.0. The number of pyridine rings is 1. The second-order valence-electron chi connectivity index (χ2n) is 6.05. The summed E-state index contributed by atoms with van der Waals surface area (Å²) in [7, 11) is 1.78. The van der Waals surface area contributed by atoms with Crippen LogP contribution in [0.5, 0.6) is 0 Å². The molecule has 0 radical (unpaired) electrons. The quantitative estimate of drug-likeness (QED) is 0.693. The maximum absolute atomic E-state index is 12.2. The Bertz CT molecular complexity index is 867. The van der Waals surface area contributed by atoms with Crippen LogP contribution in [0.4, 0.5) is 4.79 Å². The minimum Gasteiger partial charge on any atom is -0.338 e. The fourth-order valence-corrected chi connectivity index (χ4v) is 2.75. The van der Waals surface area contributed by atoms with E-state index in [0.717, 1.165) is 36.0 Å². The van der Waals surface area contributed by atoms with Gasteiger partial charge in [-0.3, -0.25) is 4.68 Å². The molecule has 0 bridgehead atoms. The highest BCUT2D eigenvalue weighted by Gasteiger charge is 2.11. The van der Waals surface area contributed by atoms with Crippen molar-refractivity contribution in [2.75, 3.05) is 13.6 Å². The first-order valence-corrected chi connectivity index (χ1v) is 8.32. The molecule has 2 amide bonds. The van der Waals surface area contributed by atoms with E-state index in [-0.39, 0.29) is 6.03 Å². The van der Waals surface area contributed by atoms with Gasteiger partial charge in [-0.15, -0.1) is 0 Å². The third-order valence-electron chi connectivity index (χ3n) is 4.03. The average molecular weight is 341 g/mol. The molecule has 0 aliphatic carbocycles. The zero-order valence-corrected chi connectivity index (χ0v) is 14.8. The topological polar surface area (TPSA) is 80.4 Å². The van der Waals surface area contributed by atoms with Gasteiger partial charge in [-0.05, 0) is 32.4 Å². The number of carbonyl (C=O) groups is 1. The molecular weight excluding hydrogens is 318 g/mol. The number of urea groups is 1. The molecule has 0 saturated carbocycles. The monoisotopic (exact) mass is 341 g/mol. The molecule has 0 aliphatic rings. The summed E-state index contributed by atoms with van der Waals surface area (Å²) in [5, 5.41) is 7.25. The summed E-state index contributed by atoms with van der Waals surface area (Å²) in [5.74, 6) is 1.67. The molecule has 0 spiro atoms. The molecule has 0 aromatic carbocycles. The largest absolute Gasteiger partial charge is 0.338 e. The van der Waals surface area contributed by atoms with E-state index in [1.165, 1.54) is 0 Å². The Morgan fingerprint density at radius 3 is 2.92 bits per heavy atom. The van der Waals surface area contributed by atoms with Crippen LogP contribution >= 0.6 is 0 Å². The molecular formula is C17H23N7O. The SMILES string of the molecule is Cc1nc(C)n(CCCNC(=O)N(C)Cc2cnc3ccccn23)n1. The highest BCUT2D eigenvalue weighted by atomic mass is 16.2. The molecule has 0 atom stereocenters. The number of fused-ring (bicyclic) bond motifs is 1. The summed E-state index contributed by atoms with van der Waals surface area (Å²) in [4.78, 5) is 22.5. The number of nitrogens with one attached hydrogen (secondary N) is 1. The average Bonchev–Trinajstić information content (AvgIpc) is 3.14. The Labute approximate surface area is 146 Å². The van der Waals surface area contributed by atoms with Crippen LogP contribution in [0.15, 0.2) is 30.6 Å². The van der Waals surface area contributed by atoms with Crippen LogP contribution in [0, 0.1) is 13.8 Å². The zero-order valence-electron chi connectivity index (χ0n) is 14.8. The zero-order chi connectivity index (χ0) is 17.8. The van der Waals surface area contributed by atoms with Crippen molar-refractivity contribution in [1.29, 1.82) is 0 Å². The third-order valence-corrected chi connectivity index (χ3v) is 4.03. The lowest BCUT2D eigenvalue weighted by Gasteiger charge is -2.17. The van der Waals surface area contributed by atoms with E-state index in [1.807, 2.05) is 47.3 Å². The Hall–Kier alpha value is -2.90. The molecule has 0 aliphatic heterocycles. The minimum atomic E-state index is -0.0997. The number of nitrogens with zero attached hydrogens (tertiary/aromatic N) is 6. The van der Waals surface area contributed by atoms with Crippen molar-refractivity contribution >= 4 is 11.7 Å². The molecule has 3 aromatic heterocycles. The number of amides is 2. The van der Waals surface area contributed by atoms with Crippen LogP contribution in [-0.4, -0.2) is 48.7 Å². The van der Waals surface area contributed by atoms with E-state index in [2.05, 4.69) is 20.4 Å². The van der Waals surface area contributed by atoms with Gasteiger partial charge in [0.2, 0.25) is 0 Å². The molecule has 0 saturated heterocycles. The minimum absolute atomic E-state index is 0.0997. The van der Waals surface area contributed by atoms with Crippen molar-refractivity contribution in [3.63, 3.8) is 0 Å². The number of rotatable bonds is 6. The Morgan fingerprint density at radius 2 is 2.16 bits per heavy atom. The van der Waals surface area contributed by atoms with Gasteiger partial charge < -0.3 is 14.6 Å². The van der Waals surface area contributed by atoms with Crippen LogP contribution in [0.1, 0.15) is 23.8 Å². The molecule has 3 aromatic rings. The van der Waals surface area contributed by atoms with Crippen molar-refractivity contribution in [2.45, 2.75) is 33.4 Å².